The van der Waals surface area contributed by atoms with E-state index in [1.54, 1.807) is 11.3 Å². The van der Waals surface area contributed by atoms with Gasteiger partial charge in [0.25, 0.3) is 0 Å². The van der Waals surface area contributed by atoms with E-state index in [1.165, 1.54) is 11.1 Å². The maximum Gasteiger partial charge on any atom is 0.162 e. The highest BCUT2D eigenvalue weighted by Crippen LogP contribution is 2.39. The van der Waals surface area contributed by atoms with Gasteiger partial charge in [-0.15, -0.1) is 11.3 Å². The van der Waals surface area contributed by atoms with E-state index in [4.69, 9.17) is 14.7 Å². The van der Waals surface area contributed by atoms with Crippen molar-refractivity contribution in [3.8, 4) is 17.1 Å². The molecule has 3 heterocycles. The Morgan fingerprint density at radius 3 is 2.61 bits per heavy atom. The van der Waals surface area contributed by atoms with Crippen LogP contribution in [-0.4, -0.2) is 29.2 Å². The lowest BCUT2D eigenvalue weighted by molar-refractivity contribution is 0.243. The molecule has 6 heteroatoms. The SMILES string of the molecule is Cc1cc(Nc2nc(-c3ccccc3)nc3ccsc23)c(OC(C)C)cc1C1CCNCC1. The molecule has 4 aromatic rings. The number of ether oxygens (including phenoxy) is 1. The predicted molar refractivity (Wildman–Crippen MR) is 138 cm³/mol. The zero-order chi connectivity index (χ0) is 22.8. The van der Waals surface area contributed by atoms with E-state index in [1.807, 2.05) is 30.3 Å². The summed E-state index contributed by atoms with van der Waals surface area (Å²) in [7, 11) is 0. The summed E-state index contributed by atoms with van der Waals surface area (Å²) in [5.41, 5.74) is 5.59. The molecule has 1 fully saturated rings. The molecular formula is C27H30N4OS. The number of fused-ring (bicyclic) bond motifs is 1. The average Bonchev–Trinajstić information content (AvgIpc) is 3.31. The van der Waals surface area contributed by atoms with Crippen molar-refractivity contribution in [1.82, 2.24) is 15.3 Å². The topological polar surface area (TPSA) is 59.1 Å². The molecule has 1 aliphatic heterocycles. The molecule has 170 valence electrons. The van der Waals surface area contributed by atoms with Crippen molar-refractivity contribution in [3.63, 3.8) is 0 Å². The molecule has 0 aliphatic carbocycles. The summed E-state index contributed by atoms with van der Waals surface area (Å²) in [5, 5.41) is 9.15. The van der Waals surface area contributed by atoms with Crippen molar-refractivity contribution >= 4 is 33.1 Å². The van der Waals surface area contributed by atoms with Gasteiger partial charge in [0.1, 0.15) is 5.75 Å². The lowest BCUT2D eigenvalue weighted by Gasteiger charge is -2.26. The van der Waals surface area contributed by atoms with Crippen molar-refractivity contribution in [2.45, 2.75) is 45.6 Å². The molecule has 0 spiro atoms. The molecule has 2 aromatic carbocycles. The molecular weight excluding hydrogens is 428 g/mol. The van der Waals surface area contributed by atoms with Crippen LogP contribution < -0.4 is 15.4 Å². The van der Waals surface area contributed by atoms with Gasteiger partial charge in [-0.2, -0.15) is 0 Å². The molecule has 0 bridgehead atoms. The van der Waals surface area contributed by atoms with E-state index >= 15 is 0 Å². The second-order valence-corrected chi connectivity index (χ2v) is 9.83. The fourth-order valence-electron chi connectivity index (χ4n) is 4.52. The third-order valence-electron chi connectivity index (χ3n) is 6.10. The highest BCUT2D eigenvalue weighted by molar-refractivity contribution is 7.17. The number of thiophene rings is 1. The molecule has 0 radical (unpaired) electrons. The molecule has 0 saturated carbocycles. The van der Waals surface area contributed by atoms with E-state index in [2.05, 4.69) is 55.0 Å². The lowest BCUT2D eigenvalue weighted by atomic mass is 9.87. The highest BCUT2D eigenvalue weighted by Gasteiger charge is 2.21. The minimum absolute atomic E-state index is 0.0844. The van der Waals surface area contributed by atoms with E-state index in [-0.39, 0.29) is 6.10 Å². The smallest absolute Gasteiger partial charge is 0.162 e. The summed E-state index contributed by atoms with van der Waals surface area (Å²) in [5.74, 6) is 2.99. The number of aryl methyl sites for hydroxylation is 1. The Balaban J connectivity index is 1.57. The first kappa shape index (κ1) is 21.9. The number of piperidine rings is 1. The molecule has 1 saturated heterocycles. The summed E-state index contributed by atoms with van der Waals surface area (Å²) in [6.07, 6.45) is 2.41. The number of rotatable bonds is 6. The molecule has 2 aromatic heterocycles. The van der Waals surface area contributed by atoms with Gasteiger partial charge >= 0.3 is 0 Å². The Morgan fingerprint density at radius 1 is 1.06 bits per heavy atom. The monoisotopic (exact) mass is 458 g/mol. The molecule has 0 atom stereocenters. The van der Waals surface area contributed by atoms with Crippen LogP contribution in [0.15, 0.2) is 53.9 Å². The summed E-state index contributed by atoms with van der Waals surface area (Å²) in [6, 6.07) is 16.6. The van der Waals surface area contributed by atoms with Crippen molar-refractivity contribution in [2.24, 2.45) is 0 Å². The largest absolute Gasteiger partial charge is 0.489 e. The highest BCUT2D eigenvalue weighted by atomic mass is 32.1. The summed E-state index contributed by atoms with van der Waals surface area (Å²) in [4.78, 5) is 9.72. The van der Waals surface area contributed by atoms with Gasteiger partial charge in [0.05, 0.1) is 22.0 Å². The van der Waals surface area contributed by atoms with Crippen LogP contribution in [0.2, 0.25) is 0 Å². The van der Waals surface area contributed by atoms with Gasteiger partial charge < -0.3 is 15.4 Å². The van der Waals surface area contributed by atoms with Crippen LogP contribution in [0.5, 0.6) is 5.75 Å². The van der Waals surface area contributed by atoms with Gasteiger partial charge in [-0.05, 0) is 87.3 Å². The Morgan fingerprint density at radius 2 is 1.85 bits per heavy atom. The number of aromatic nitrogens is 2. The molecule has 33 heavy (non-hydrogen) atoms. The Bertz CT molecular complexity index is 1250. The van der Waals surface area contributed by atoms with E-state index < -0.39 is 0 Å². The van der Waals surface area contributed by atoms with Gasteiger partial charge in [-0.3, -0.25) is 0 Å². The number of benzene rings is 2. The van der Waals surface area contributed by atoms with Crippen molar-refractivity contribution in [2.75, 3.05) is 18.4 Å². The third-order valence-corrected chi connectivity index (χ3v) is 7.01. The van der Waals surface area contributed by atoms with Crippen LogP contribution in [-0.2, 0) is 0 Å². The minimum Gasteiger partial charge on any atom is -0.489 e. The van der Waals surface area contributed by atoms with Crippen LogP contribution in [0.25, 0.3) is 21.6 Å². The fraction of sp³-hybridized carbons (Fsp3) is 0.333. The molecule has 5 rings (SSSR count). The minimum atomic E-state index is 0.0844. The first-order valence-electron chi connectivity index (χ1n) is 11.7. The quantitative estimate of drug-likeness (QED) is 0.338. The molecule has 5 nitrogen and oxygen atoms in total. The van der Waals surface area contributed by atoms with Gasteiger partial charge in [-0.25, -0.2) is 9.97 Å². The van der Waals surface area contributed by atoms with Crippen LogP contribution >= 0.6 is 11.3 Å². The maximum atomic E-state index is 6.29. The van der Waals surface area contributed by atoms with Crippen LogP contribution in [0.4, 0.5) is 11.5 Å². The number of hydrogen-bond donors (Lipinski definition) is 2. The Labute approximate surface area is 199 Å². The standard InChI is InChI=1S/C27H30N4OS/c1-17(2)32-24-16-21(19-9-12-28-13-10-19)18(3)15-23(24)30-27-25-22(11-14-33-25)29-26(31-27)20-7-5-4-6-8-20/h4-8,11,14-17,19,28H,9-10,12-13H2,1-3H3,(H,29,30,31). The molecule has 2 N–H and O–H groups in total. The van der Waals surface area contributed by atoms with E-state index in [0.29, 0.717) is 5.92 Å². The Hall–Kier alpha value is -2.96. The van der Waals surface area contributed by atoms with Gasteiger partial charge in [0.2, 0.25) is 0 Å². The summed E-state index contributed by atoms with van der Waals surface area (Å²) >= 11 is 1.65. The van der Waals surface area contributed by atoms with Gasteiger partial charge in [0.15, 0.2) is 11.6 Å². The van der Waals surface area contributed by atoms with Crippen LogP contribution in [0.1, 0.15) is 43.7 Å². The first-order chi connectivity index (χ1) is 16.1. The van der Waals surface area contributed by atoms with Gasteiger partial charge in [0, 0.05) is 5.56 Å². The number of anilines is 2. The predicted octanol–water partition coefficient (Wildman–Crippen LogP) is 6.66. The zero-order valence-electron chi connectivity index (χ0n) is 19.4. The summed E-state index contributed by atoms with van der Waals surface area (Å²) in [6.45, 7) is 8.50. The molecule has 0 amide bonds. The number of nitrogens with one attached hydrogen (secondary N) is 2. The number of hydrogen-bond acceptors (Lipinski definition) is 6. The van der Waals surface area contributed by atoms with Crippen molar-refractivity contribution < 1.29 is 4.74 Å². The second-order valence-electron chi connectivity index (χ2n) is 8.92. The molecule has 0 unspecified atom stereocenters. The van der Waals surface area contributed by atoms with Crippen molar-refractivity contribution in [1.29, 1.82) is 0 Å². The van der Waals surface area contributed by atoms with Gasteiger partial charge in [-0.1, -0.05) is 30.3 Å². The third kappa shape index (κ3) is 4.72. The van der Waals surface area contributed by atoms with Crippen LogP contribution in [0, 0.1) is 6.92 Å². The first-order valence-corrected chi connectivity index (χ1v) is 12.6. The normalized spacial score (nSPS) is 14.7. The lowest BCUT2D eigenvalue weighted by Crippen LogP contribution is -2.27. The zero-order valence-corrected chi connectivity index (χ0v) is 20.2. The van der Waals surface area contributed by atoms with Crippen molar-refractivity contribution in [3.05, 3.63) is 65.0 Å². The number of nitrogens with zero attached hydrogens (tertiary/aromatic N) is 2. The average molecular weight is 459 g/mol. The van der Waals surface area contributed by atoms with Crippen LogP contribution in [0.3, 0.4) is 0 Å². The summed E-state index contributed by atoms with van der Waals surface area (Å²) < 4.78 is 7.34. The van der Waals surface area contributed by atoms with E-state index in [0.717, 1.165) is 64.8 Å². The fourth-order valence-corrected chi connectivity index (χ4v) is 5.29. The van der Waals surface area contributed by atoms with E-state index in [9.17, 15) is 0 Å². The maximum absolute atomic E-state index is 6.29. The molecule has 1 aliphatic rings. The second kappa shape index (κ2) is 9.49. The Kier molecular flexibility index (Phi) is 6.29.